The molecule has 1 aromatic heterocycles. The molecule has 0 saturated carbocycles. The smallest absolute Gasteiger partial charge is 0.222 e. The van der Waals surface area contributed by atoms with Gasteiger partial charge in [-0.25, -0.2) is 0 Å². The van der Waals surface area contributed by atoms with Crippen LogP contribution in [0, 0.1) is 5.92 Å². The molecule has 1 saturated heterocycles. The SMILES string of the molecule is CC(O)C1CCN(C(=O)CCc2c[nH]c3ccccc23)CC1. The number of carbonyl (C=O) groups is 1. The molecule has 0 radical (unpaired) electrons. The van der Waals surface area contributed by atoms with Crippen molar-refractivity contribution in [2.24, 2.45) is 5.92 Å². The summed E-state index contributed by atoms with van der Waals surface area (Å²) in [4.78, 5) is 17.6. The maximum absolute atomic E-state index is 12.4. The molecule has 1 atom stereocenters. The number of aliphatic hydroxyl groups is 1. The van der Waals surface area contributed by atoms with Crippen molar-refractivity contribution in [3.05, 3.63) is 36.0 Å². The van der Waals surface area contributed by atoms with E-state index in [1.54, 1.807) is 0 Å². The van der Waals surface area contributed by atoms with Crippen LogP contribution in [0.1, 0.15) is 31.7 Å². The number of rotatable bonds is 4. The van der Waals surface area contributed by atoms with Crippen molar-refractivity contribution < 1.29 is 9.90 Å². The average molecular weight is 300 g/mol. The minimum absolute atomic E-state index is 0.231. The molecule has 1 amide bonds. The van der Waals surface area contributed by atoms with E-state index in [0.717, 1.165) is 37.9 Å². The highest BCUT2D eigenvalue weighted by molar-refractivity contribution is 5.84. The number of amides is 1. The van der Waals surface area contributed by atoms with Crippen molar-refractivity contribution in [3.63, 3.8) is 0 Å². The van der Waals surface area contributed by atoms with Gasteiger partial charge in [0.1, 0.15) is 0 Å². The van der Waals surface area contributed by atoms with E-state index >= 15 is 0 Å². The predicted octanol–water partition coefficient (Wildman–Crippen LogP) is 2.72. The van der Waals surface area contributed by atoms with Gasteiger partial charge in [0, 0.05) is 36.6 Å². The van der Waals surface area contributed by atoms with Crippen molar-refractivity contribution in [1.82, 2.24) is 9.88 Å². The molecule has 0 spiro atoms. The largest absolute Gasteiger partial charge is 0.393 e. The number of nitrogens with one attached hydrogen (secondary N) is 1. The maximum Gasteiger partial charge on any atom is 0.222 e. The Morgan fingerprint density at radius 1 is 1.36 bits per heavy atom. The fraction of sp³-hybridized carbons (Fsp3) is 0.500. The van der Waals surface area contributed by atoms with Gasteiger partial charge in [0.15, 0.2) is 0 Å². The third-order valence-corrected chi connectivity index (χ3v) is 4.86. The van der Waals surface area contributed by atoms with Crippen LogP contribution in [-0.4, -0.2) is 40.1 Å². The Morgan fingerprint density at radius 2 is 2.09 bits per heavy atom. The Hall–Kier alpha value is -1.81. The number of aromatic nitrogens is 1. The number of hydrogen-bond acceptors (Lipinski definition) is 2. The number of piperidine rings is 1. The van der Waals surface area contributed by atoms with Crippen LogP contribution in [0.15, 0.2) is 30.5 Å². The zero-order valence-corrected chi connectivity index (χ0v) is 13.1. The minimum atomic E-state index is -0.261. The third kappa shape index (κ3) is 3.17. The second kappa shape index (κ2) is 6.53. The summed E-state index contributed by atoms with van der Waals surface area (Å²) in [6, 6.07) is 8.20. The van der Waals surface area contributed by atoms with E-state index < -0.39 is 0 Å². The summed E-state index contributed by atoms with van der Waals surface area (Å²) in [7, 11) is 0. The Morgan fingerprint density at radius 3 is 2.82 bits per heavy atom. The van der Waals surface area contributed by atoms with Crippen molar-refractivity contribution in [3.8, 4) is 0 Å². The highest BCUT2D eigenvalue weighted by atomic mass is 16.3. The maximum atomic E-state index is 12.4. The van der Waals surface area contributed by atoms with Crippen molar-refractivity contribution in [1.29, 1.82) is 0 Å². The topological polar surface area (TPSA) is 56.3 Å². The number of benzene rings is 1. The van der Waals surface area contributed by atoms with E-state index in [2.05, 4.69) is 17.1 Å². The molecule has 1 aliphatic heterocycles. The minimum Gasteiger partial charge on any atom is -0.393 e. The summed E-state index contributed by atoms with van der Waals surface area (Å²) < 4.78 is 0. The predicted molar refractivity (Wildman–Crippen MR) is 87.6 cm³/mol. The summed E-state index contributed by atoms with van der Waals surface area (Å²) in [6.45, 7) is 3.41. The summed E-state index contributed by atoms with van der Waals surface area (Å²) in [5.74, 6) is 0.576. The lowest BCUT2D eigenvalue weighted by molar-refractivity contribution is -0.133. The zero-order chi connectivity index (χ0) is 15.5. The summed E-state index contributed by atoms with van der Waals surface area (Å²) >= 11 is 0. The van der Waals surface area contributed by atoms with Gasteiger partial charge in [0.25, 0.3) is 0 Å². The molecule has 0 bridgehead atoms. The Bertz CT molecular complexity index is 639. The Balaban J connectivity index is 1.55. The molecule has 2 N–H and O–H groups in total. The fourth-order valence-electron chi connectivity index (χ4n) is 3.37. The monoisotopic (exact) mass is 300 g/mol. The van der Waals surface area contributed by atoms with E-state index in [1.807, 2.05) is 30.2 Å². The van der Waals surface area contributed by atoms with E-state index in [0.29, 0.717) is 12.3 Å². The fourth-order valence-corrected chi connectivity index (χ4v) is 3.37. The molecule has 2 heterocycles. The standard InChI is InChI=1S/C18H24N2O2/c1-13(21)14-8-10-20(11-9-14)18(22)7-6-15-12-19-17-5-3-2-4-16(15)17/h2-5,12-14,19,21H,6-11H2,1H3. The van der Waals surface area contributed by atoms with Crippen molar-refractivity contribution >= 4 is 16.8 Å². The van der Waals surface area contributed by atoms with Crippen molar-refractivity contribution in [2.45, 2.75) is 38.7 Å². The molecule has 22 heavy (non-hydrogen) atoms. The number of para-hydroxylation sites is 1. The van der Waals surface area contributed by atoms with Gasteiger partial charge in [0.2, 0.25) is 5.91 Å². The van der Waals surface area contributed by atoms with Crippen LogP contribution in [0.5, 0.6) is 0 Å². The van der Waals surface area contributed by atoms with Gasteiger partial charge in [-0.2, -0.15) is 0 Å². The molecule has 0 aliphatic carbocycles. The van der Waals surface area contributed by atoms with Crippen LogP contribution in [0.2, 0.25) is 0 Å². The number of carbonyl (C=O) groups excluding carboxylic acids is 1. The Labute approximate surface area is 131 Å². The number of aryl methyl sites for hydroxylation is 1. The molecule has 1 aliphatic rings. The van der Waals surface area contributed by atoms with E-state index in [4.69, 9.17) is 0 Å². The molecule has 1 fully saturated rings. The molecule has 1 aromatic carbocycles. The first-order chi connectivity index (χ1) is 10.6. The van der Waals surface area contributed by atoms with Gasteiger partial charge in [-0.3, -0.25) is 4.79 Å². The highest BCUT2D eigenvalue weighted by Crippen LogP contribution is 2.22. The first-order valence-corrected chi connectivity index (χ1v) is 8.16. The lowest BCUT2D eigenvalue weighted by Gasteiger charge is -2.33. The molecule has 118 valence electrons. The number of H-pyrrole nitrogens is 1. The van der Waals surface area contributed by atoms with E-state index in [1.165, 1.54) is 10.9 Å². The number of fused-ring (bicyclic) bond motifs is 1. The van der Waals surface area contributed by atoms with Crippen LogP contribution in [0.25, 0.3) is 10.9 Å². The average Bonchev–Trinajstić information content (AvgIpc) is 2.96. The first-order valence-electron chi connectivity index (χ1n) is 8.16. The molecule has 1 unspecified atom stereocenters. The zero-order valence-electron chi connectivity index (χ0n) is 13.1. The van der Waals surface area contributed by atoms with E-state index in [-0.39, 0.29) is 12.0 Å². The van der Waals surface area contributed by atoms with Crippen LogP contribution in [-0.2, 0) is 11.2 Å². The summed E-state index contributed by atoms with van der Waals surface area (Å²) in [6.07, 6.45) is 4.91. The summed E-state index contributed by atoms with van der Waals surface area (Å²) in [5, 5.41) is 10.8. The first kappa shape index (κ1) is 15.1. The molecular weight excluding hydrogens is 276 g/mol. The quantitative estimate of drug-likeness (QED) is 0.912. The van der Waals surface area contributed by atoms with Crippen molar-refractivity contribution in [2.75, 3.05) is 13.1 Å². The number of likely N-dealkylation sites (tertiary alicyclic amines) is 1. The second-order valence-corrected chi connectivity index (χ2v) is 6.32. The normalized spacial score (nSPS) is 17.8. The highest BCUT2D eigenvalue weighted by Gasteiger charge is 2.25. The Kier molecular flexibility index (Phi) is 4.48. The number of nitrogens with zero attached hydrogens (tertiary/aromatic N) is 1. The van der Waals surface area contributed by atoms with Crippen LogP contribution < -0.4 is 0 Å². The number of hydrogen-bond donors (Lipinski definition) is 2. The van der Waals surface area contributed by atoms with Gasteiger partial charge in [-0.15, -0.1) is 0 Å². The van der Waals surface area contributed by atoms with E-state index in [9.17, 15) is 9.90 Å². The van der Waals surface area contributed by atoms with Gasteiger partial charge < -0.3 is 15.0 Å². The van der Waals surface area contributed by atoms with Gasteiger partial charge in [0.05, 0.1) is 6.10 Å². The van der Waals surface area contributed by atoms with Gasteiger partial charge >= 0.3 is 0 Å². The molecule has 3 rings (SSSR count). The number of aromatic amines is 1. The van der Waals surface area contributed by atoms with Crippen LogP contribution >= 0.6 is 0 Å². The lowest BCUT2D eigenvalue weighted by Crippen LogP contribution is -2.40. The second-order valence-electron chi connectivity index (χ2n) is 6.32. The molecule has 4 nitrogen and oxygen atoms in total. The summed E-state index contributed by atoms with van der Waals surface area (Å²) in [5.41, 5.74) is 2.34. The van der Waals surface area contributed by atoms with Gasteiger partial charge in [-0.1, -0.05) is 18.2 Å². The third-order valence-electron chi connectivity index (χ3n) is 4.86. The van der Waals surface area contributed by atoms with Crippen LogP contribution in [0.3, 0.4) is 0 Å². The molecular formula is C18H24N2O2. The number of aliphatic hydroxyl groups excluding tert-OH is 1. The van der Waals surface area contributed by atoms with Crippen LogP contribution in [0.4, 0.5) is 0 Å². The molecule has 2 aromatic rings. The lowest BCUT2D eigenvalue weighted by atomic mass is 9.92. The molecule has 4 heteroatoms. The van der Waals surface area contributed by atoms with Gasteiger partial charge in [-0.05, 0) is 43.7 Å².